The summed E-state index contributed by atoms with van der Waals surface area (Å²) < 4.78 is 0. The highest BCUT2D eigenvalue weighted by atomic mass is 16.4. The highest BCUT2D eigenvalue weighted by Gasteiger charge is 2.28. The molecule has 0 aromatic heterocycles. The van der Waals surface area contributed by atoms with Crippen molar-refractivity contribution in [2.24, 2.45) is 11.8 Å². The molecule has 0 saturated heterocycles. The first kappa shape index (κ1) is 17.9. The van der Waals surface area contributed by atoms with Gasteiger partial charge in [0.15, 0.2) is 5.78 Å². The van der Waals surface area contributed by atoms with Crippen LogP contribution in [0.15, 0.2) is 12.2 Å². The second-order valence-corrected chi connectivity index (χ2v) is 6.23. The van der Waals surface area contributed by atoms with Crippen molar-refractivity contribution in [1.82, 2.24) is 0 Å². The maximum Gasteiger partial charge on any atom is 0.303 e. The van der Waals surface area contributed by atoms with Crippen molar-refractivity contribution in [2.75, 3.05) is 0 Å². The molecule has 1 aliphatic carbocycles. The van der Waals surface area contributed by atoms with E-state index in [9.17, 15) is 9.59 Å². The minimum Gasteiger partial charge on any atom is -0.481 e. The summed E-state index contributed by atoms with van der Waals surface area (Å²) in [7, 11) is 0. The van der Waals surface area contributed by atoms with E-state index in [4.69, 9.17) is 5.11 Å². The zero-order valence-corrected chi connectivity index (χ0v) is 13.4. The highest BCUT2D eigenvalue weighted by Crippen LogP contribution is 2.31. The molecular formula is C18H30O3. The quantitative estimate of drug-likeness (QED) is 0.528. The van der Waals surface area contributed by atoms with Gasteiger partial charge < -0.3 is 5.11 Å². The molecule has 21 heavy (non-hydrogen) atoms. The van der Waals surface area contributed by atoms with Crippen LogP contribution >= 0.6 is 0 Å². The number of carboxylic acids is 1. The van der Waals surface area contributed by atoms with Gasteiger partial charge in [0, 0.05) is 12.3 Å². The fourth-order valence-electron chi connectivity index (χ4n) is 3.14. The van der Waals surface area contributed by atoms with Gasteiger partial charge in [0.25, 0.3) is 0 Å². The average Bonchev–Trinajstić information content (AvgIpc) is 2.79. The molecule has 3 nitrogen and oxygen atoms in total. The molecule has 0 bridgehead atoms. The molecule has 0 unspecified atom stereocenters. The van der Waals surface area contributed by atoms with Crippen molar-refractivity contribution >= 4 is 11.8 Å². The van der Waals surface area contributed by atoms with E-state index in [0.717, 1.165) is 44.9 Å². The van der Waals surface area contributed by atoms with Crippen LogP contribution in [0.1, 0.15) is 77.6 Å². The monoisotopic (exact) mass is 294 g/mol. The number of carbonyl (C=O) groups excluding carboxylic acids is 1. The predicted molar refractivity (Wildman–Crippen MR) is 85.2 cm³/mol. The molecule has 120 valence electrons. The molecule has 0 aromatic carbocycles. The van der Waals surface area contributed by atoms with Crippen molar-refractivity contribution in [1.29, 1.82) is 0 Å². The molecule has 0 aromatic rings. The Bertz CT molecular complexity index is 346. The topological polar surface area (TPSA) is 54.4 Å². The lowest BCUT2D eigenvalue weighted by Crippen LogP contribution is -2.16. The molecule has 0 heterocycles. The molecule has 1 rings (SSSR count). The number of rotatable bonds is 12. The first-order chi connectivity index (χ1) is 10.1. The Kier molecular flexibility index (Phi) is 9.04. The molecule has 0 radical (unpaired) electrons. The van der Waals surface area contributed by atoms with Crippen LogP contribution < -0.4 is 0 Å². The van der Waals surface area contributed by atoms with Crippen LogP contribution in [-0.4, -0.2) is 16.9 Å². The summed E-state index contributed by atoms with van der Waals surface area (Å²) in [5.41, 5.74) is 0. The molecule has 2 atom stereocenters. The van der Waals surface area contributed by atoms with Gasteiger partial charge in [-0.3, -0.25) is 9.59 Å². The third kappa shape index (κ3) is 7.45. The van der Waals surface area contributed by atoms with Gasteiger partial charge in [0.05, 0.1) is 0 Å². The first-order valence-corrected chi connectivity index (χ1v) is 8.59. The molecule has 1 aliphatic rings. The number of unbranched alkanes of at least 4 members (excludes halogenated alkanes) is 6. The Labute approximate surface area is 128 Å². The van der Waals surface area contributed by atoms with Crippen LogP contribution in [0.25, 0.3) is 0 Å². The third-order valence-corrected chi connectivity index (χ3v) is 4.44. The lowest BCUT2D eigenvalue weighted by atomic mass is 9.86. The van der Waals surface area contributed by atoms with Crippen molar-refractivity contribution in [3.05, 3.63) is 12.2 Å². The summed E-state index contributed by atoms with van der Waals surface area (Å²) in [6, 6.07) is 0. The zero-order chi connectivity index (χ0) is 15.5. The Balaban J connectivity index is 2.11. The second-order valence-electron chi connectivity index (χ2n) is 6.23. The minimum absolute atomic E-state index is 0.239. The average molecular weight is 294 g/mol. The normalized spacial score (nSPS) is 21.1. The maximum absolute atomic E-state index is 11.9. The van der Waals surface area contributed by atoms with Gasteiger partial charge in [-0.1, -0.05) is 57.9 Å². The Morgan fingerprint density at radius 1 is 1.05 bits per heavy atom. The Morgan fingerprint density at radius 3 is 2.43 bits per heavy atom. The van der Waals surface area contributed by atoms with Crippen LogP contribution in [0.2, 0.25) is 0 Å². The van der Waals surface area contributed by atoms with Crippen molar-refractivity contribution in [3.8, 4) is 0 Å². The fourth-order valence-corrected chi connectivity index (χ4v) is 3.14. The zero-order valence-electron chi connectivity index (χ0n) is 13.4. The van der Waals surface area contributed by atoms with E-state index >= 15 is 0 Å². The molecule has 0 fully saturated rings. The highest BCUT2D eigenvalue weighted by molar-refractivity contribution is 5.94. The molecular weight excluding hydrogens is 264 g/mol. The van der Waals surface area contributed by atoms with Crippen LogP contribution in [0, 0.1) is 11.8 Å². The van der Waals surface area contributed by atoms with Gasteiger partial charge in [-0.2, -0.15) is 0 Å². The lowest BCUT2D eigenvalue weighted by molar-refractivity contribution is -0.137. The summed E-state index contributed by atoms with van der Waals surface area (Å²) >= 11 is 0. The third-order valence-electron chi connectivity index (χ3n) is 4.44. The summed E-state index contributed by atoms with van der Waals surface area (Å²) in [6.45, 7) is 2.19. The summed E-state index contributed by atoms with van der Waals surface area (Å²) in [5.74, 6) is 0.328. The van der Waals surface area contributed by atoms with E-state index in [1.165, 1.54) is 19.3 Å². The maximum atomic E-state index is 11.9. The van der Waals surface area contributed by atoms with Gasteiger partial charge in [0.1, 0.15) is 0 Å². The minimum atomic E-state index is -0.695. The summed E-state index contributed by atoms with van der Waals surface area (Å²) in [4.78, 5) is 22.3. The smallest absolute Gasteiger partial charge is 0.303 e. The summed E-state index contributed by atoms with van der Waals surface area (Å²) in [5, 5.41) is 8.56. The molecule has 0 amide bonds. The van der Waals surface area contributed by atoms with Crippen LogP contribution in [0.5, 0.6) is 0 Å². The van der Waals surface area contributed by atoms with Gasteiger partial charge in [-0.15, -0.1) is 0 Å². The lowest BCUT2D eigenvalue weighted by Gasteiger charge is -2.17. The van der Waals surface area contributed by atoms with Gasteiger partial charge in [-0.25, -0.2) is 0 Å². The molecule has 3 heteroatoms. The molecule has 0 saturated carbocycles. The number of allylic oxidation sites excluding steroid dienone is 2. The molecule has 1 N–H and O–H groups in total. The van der Waals surface area contributed by atoms with Crippen LogP contribution in [0.3, 0.4) is 0 Å². The number of carbonyl (C=O) groups is 2. The van der Waals surface area contributed by atoms with Gasteiger partial charge in [0.2, 0.25) is 0 Å². The molecule has 0 spiro atoms. The van der Waals surface area contributed by atoms with Crippen LogP contribution in [-0.2, 0) is 9.59 Å². The van der Waals surface area contributed by atoms with Gasteiger partial charge >= 0.3 is 5.97 Å². The van der Waals surface area contributed by atoms with E-state index in [-0.39, 0.29) is 5.92 Å². The molecule has 0 aliphatic heterocycles. The fraction of sp³-hybridized carbons (Fsp3) is 0.778. The van der Waals surface area contributed by atoms with Gasteiger partial charge in [-0.05, 0) is 31.3 Å². The number of aliphatic carboxylic acids is 1. The van der Waals surface area contributed by atoms with Crippen LogP contribution in [0.4, 0.5) is 0 Å². The van der Waals surface area contributed by atoms with E-state index in [0.29, 0.717) is 18.1 Å². The number of carboxylic acid groups (broad SMARTS) is 1. The Morgan fingerprint density at radius 2 is 1.71 bits per heavy atom. The standard InChI is InChI=1S/C18H30O3/c1-2-3-7-11-16-15(13-14-17(16)19)10-8-5-4-6-9-12-18(20)21/h13-16H,2-12H2,1H3,(H,20,21)/t15-,16+/m0/s1. The van der Waals surface area contributed by atoms with Crippen molar-refractivity contribution < 1.29 is 14.7 Å². The van der Waals surface area contributed by atoms with E-state index in [1.807, 2.05) is 0 Å². The SMILES string of the molecule is CCCCC[C@H]1C(=O)C=C[C@@H]1CCCCCCCC(=O)O. The Hall–Kier alpha value is -1.12. The second kappa shape index (κ2) is 10.6. The summed E-state index contributed by atoms with van der Waals surface area (Å²) in [6.07, 6.45) is 15.1. The van der Waals surface area contributed by atoms with Crippen molar-refractivity contribution in [2.45, 2.75) is 77.6 Å². The van der Waals surface area contributed by atoms with Crippen molar-refractivity contribution in [3.63, 3.8) is 0 Å². The number of ketones is 1. The first-order valence-electron chi connectivity index (χ1n) is 8.59. The van der Waals surface area contributed by atoms with E-state index in [1.54, 1.807) is 6.08 Å². The van der Waals surface area contributed by atoms with E-state index < -0.39 is 5.97 Å². The largest absolute Gasteiger partial charge is 0.481 e. The predicted octanol–water partition coefficient (Wildman–Crippen LogP) is 4.75. The van der Waals surface area contributed by atoms with E-state index in [2.05, 4.69) is 13.0 Å². The number of hydrogen-bond donors (Lipinski definition) is 1. The number of hydrogen-bond acceptors (Lipinski definition) is 2.